The average molecular weight is 498 g/mol. The average Bonchev–Trinajstić information content (AvgIpc) is 2.74. The number of halogens is 1. The Kier molecular flexibility index (Phi) is 7.24. The SMILES string of the molecule is COCCN1C(=O)c2c(O)c(=O)c(C(=O)NCc3ccc(F)cc3NS(C)(=O)=O)cn2CC1O. The molecule has 0 bridgehead atoms. The number of hydrogen-bond acceptors (Lipinski definition) is 8. The molecule has 1 aliphatic heterocycles. The topological polar surface area (TPSA) is 167 Å². The summed E-state index contributed by atoms with van der Waals surface area (Å²) in [6, 6.07) is 3.26. The second-order valence-corrected chi connectivity index (χ2v) is 9.30. The molecule has 0 saturated heterocycles. The molecule has 0 fully saturated rings. The Balaban J connectivity index is 1.87. The van der Waals surface area contributed by atoms with Crippen LogP contribution in [0, 0.1) is 5.82 Å². The number of ether oxygens (including phenoxy) is 1. The first kappa shape index (κ1) is 25.1. The first-order valence-corrected chi connectivity index (χ1v) is 11.8. The first-order valence-electron chi connectivity index (χ1n) is 9.91. The highest BCUT2D eigenvalue weighted by Gasteiger charge is 2.35. The number of rotatable bonds is 8. The number of aliphatic hydroxyl groups is 1. The van der Waals surface area contributed by atoms with Gasteiger partial charge >= 0.3 is 0 Å². The van der Waals surface area contributed by atoms with Crippen LogP contribution in [0.4, 0.5) is 10.1 Å². The number of methoxy groups -OCH3 is 1. The molecule has 184 valence electrons. The van der Waals surface area contributed by atoms with Gasteiger partial charge in [-0.15, -0.1) is 0 Å². The van der Waals surface area contributed by atoms with Crippen LogP contribution >= 0.6 is 0 Å². The minimum atomic E-state index is -3.73. The lowest BCUT2D eigenvalue weighted by atomic mass is 10.1. The molecule has 1 aromatic heterocycles. The van der Waals surface area contributed by atoms with E-state index >= 15 is 0 Å². The van der Waals surface area contributed by atoms with Gasteiger partial charge in [-0.25, -0.2) is 12.8 Å². The number of fused-ring (bicyclic) bond motifs is 1. The van der Waals surface area contributed by atoms with Gasteiger partial charge in [0.2, 0.25) is 15.5 Å². The normalized spacial score (nSPS) is 15.7. The largest absolute Gasteiger partial charge is 0.503 e. The number of pyridine rings is 1. The van der Waals surface area contributed by atoms with Crippen LogP contribution in [0.3, 0.4) is 0 Å². The Bertz CT molecular complexity index is 1290. The van der Waals surface area contributed by atoms with Crippen LogP contribution in [0.2, 0.25) is 0 Å². The molecular weight excluding hydrogens is 475 g/mol. The van der Waals surface area contributed by atoms with Crippen molar-refractivity contribution in [2.75, 3.05) is 31.2 Å². The van der Waals surface area contributed by atoms with E-state index in [-0.39, 0.29) is 43.2 Å². The van der Waals surface area contributed by atoms with Crippen LogP contribution < -0.4 is 15.5 Å². The number of hydrogen-bond donors (Lipinski definition) is 4. The number of carbonyl (C=O) groups is 2. The van der Waals surface area contributed by atoms with Crippen LogP contribution in [0.15, 0.2) is 29.2 Å². The standard InChI is InChI=1S/C20H23FN4O8S/c1-33-6-5-25-15(26)10-24-9-13(17(27)18(28)16(24)20(25)30)19(29)22-8-11-3-4-12(21)7-14(11)23-34(2,31)32/h3-4,7,9,15,23,26,28H,5-6,8,10H2,1-2H3,(H,22,29). The molecule has 14 heteroatoms. The number of aromatic hydroxyl groups is 1. The Morgan fingerprint density at radius 2 is 2.03 bits per heavy atom. The number of amides is 2. The molecule has 0 radical (unpaired) electrons. The quantitative estimate of drug-likeness (QED) is 0.375. The van der Waals surface area contributed by atoms with Crippen molar-refractivity contribution in [3.63, 3.8) is 0 Å². The van der Waals surface area contributed by atoms with Crippen molar-refractivity contribution in [1.82, 2.24) is 14.8 Å². The molecule has 2 amide bonds. The molecular formula is C20H23FN4O8S. The minimum Gasteiger partial charge on any atom is -0.503 e. The van der Waals surface area contributed by atoms with Crippen molar-refractivity contribution >= 4 is 27.5 Å². The van der Waals surface area contributed by atoms with Crippen molar-refractivity contribution in [2.45, 2.75) is 19.3 Å². The van der Waals surface area contributed by atoms with E-state index in [4.69, 9.17) is 4.74 Å². The van der Waals surface area contributed by atoms with Crippen LogP contribution in [0.5, 0.6) is 5.75 Å². The molecule has 4 N–H and O–H groups in total. The molecule has 1 atom stereocenters. The second kappa shape index (κ2) is 9.79. The number of aliphatic hydroxyl groups excluding tert-OH is 1. The minimum absolute atomic E-state index is 0.0217. The van der Waals surface area contributed by atoms with Gasteiger partial charge in [-0.3, -0.25) is 19.1 Å². The molecule has 2 aromatic rings. The maximum Gasteiger partial charge on any atom is 0.276 e. The molecule has 0 spiro atoms. The summed E-state index contributed by atoms with van der Waals surface area (Å²) in [7, 11) is -2.32. The molecule has 3 rings (SSSR count). The number of nitrogens with one attached hydrogen (secondary N) is 2. The lowest BCUT2D eigenvalue weighted by Crippen LogP contribution is -2.50. The predicted molar refractivity (Wildman–Crippen MR) is 117 cm³/mol. The highest BCUT2D eigenvalue weighted by molar-refractivity contribution is 7.92. The lowest BCUT2D eigenvalue weighted by Gasteiger charge is -2.34. The van der Waals surface area contributed by atoms with E-state index in [1.165, 1.54) is 13.2 Å². The zero-order valence-corrected chi connectivity index (χ0v) is 19.1. The van der Waals surface area contributed by atoms with Crippen molar-refractivity contribution in [1.29, 1.82) is 0 Å². The molecule has 2 heterocycles. The van der Waals surface area contributed by atoms with E-state index in [1.54, 1.807) is 0 Å². The molecule has 34 heavy (non-hydrogen) atoms. The second-order valence-electron chi connectivity index (χ2n) is 7.55. The smallest absolute Gasteiger partial charge is 0.276 e. The number of benzene rings is 1. The van der Waals surface area contributed by atoms with Crippen molar-refractivity contribution in [2.24, 2.45) is 0 Å². The third-order valence-electron chi connectivity index (χ3n) is 5.03. The van der Waals surface area contributed by atoms with E-state index in [0.717, 1.165) is 34.1 Å². The van der Waals surface area contributed by atoms with E-state index < -0.39 is 50.6 Å². The van der Waals surface area contributed by atoms with E-state index in [0.29, 0.717) is 0 Å². The number of anilines is 1. The van der Waals surface area contributed by atoms with Gasteiger partial charge in [0.1, 0.15) is 17.6 Å². The van der Waals surface area contributed by atoms with Crippen LogP contribution in [0.25, 0.3) is 0 Å². The van der Waals surface area contributed by atoms with Gasteiger partial charge in [-0.2, -0.15) is 0 Å². The zero-order valence-electron chi connectivity index (χ0n) is 18.2. The lowest BCUT2D eigenvalue weighted by molar-refractivity contribution is -0.0206. The van der Waals surface area contributed by atoms with E-state index in [1.807, 2.05) is 0 Å². The van der Waals surface area contributed by atoms with Crippen molar-refractivity contribution in [3.8, 4) is 5.75 Å². The fourth-order valence-corrected chi connectivity index (χ4v) is 4.02. The van der Waals surface area contributed by atoms with Gasteiger partial charge < -0.3 is 29.7 Å². The number of nitrogens with zero attached hydrogens (tertiary/aromatic N) is 2. The van der Waals surface area contributed by atoms with Crippen molar-refractivity contribution < 1.29 is 37.3 Å². The van der Waals surface area contributed by atoms with Gasteiger partial charge in [0.25, 0.3) is 11.8 Å². The summed E-state index contributed by atoms with van der Waals surface area (Å²) in [6.07, 6.45) is 0.641. The maximum atomic E-state index is 13.6. The van der Waals surface area contributed by atoms with Gasteiger partial charge in [0.05, 0.1) is 25.1 Å². The summed E-state index contributed by atoms with van der Waals surface area (Å²) in [5, 5.41) is 23.1. The first-order chi connectivity index (χ1) is 15.9. The Hall–Kier alpha value is -3.49. The summed E-state index contributed by atoms with van der Waals surface area (Å²) in [5.74, 6) is -3.40. The Labute approximate surface area is 193 Å². The molecule has 1 unspecified atom stereocenters. The highest BCUT2D eigenvalue weighted by atomic mass is 32.2. The van der Waals surface area contributed by atoms with Crippen LogP contribution in [-0.2, 0) is 27.8 Å². The molecule has 1 aromatic carbocycles. The fourth-order valence-electron chi connectivity index (χ4n) is 3.43. The zero-order chi connectivity index (χ0) is 25.2. The van der Waals surface area contributed by atoms with Gasteiger partial charge in [-0.05, 0) is 17.7 Å². The number of carbonyl (C=O) groups excluding carboxylic acids is 2. The summed E-state index contributed by atoms with van der Waals surface area (Å²) in [5.41, 5.74) is -1.87. The summed E-state index contributed by atoms with van der Waals surface area (Å²) in [4.78, 5) is 39.0. The van der Waals surface area contributed by atoms with E-state index in [2.05, 4.69) is 10.0 Å². The molecule has 0 aliphatic carbocycles. The maximum absolute atomic E-state index is 13.6. The van der Waals surface area contributed by atoms with Crippen LogP contribution in [0.1, 0.15) is 26.4 Å². The summed E-state index contributed by atoms with van der Waals surface area (Å²) < 4.78 is 44.7. The monoisotopic (exact) mass is 498 g/mol. The fraction of sp³-hybridized carbons (Fsp3) is 0.350. The van der Waals surface area contributed by atoms with Gasteiger partial charge in [-0.1, -0.05) is 6.07 Å². The molecule has 0 saturated carbocycles. The van der Waals surface area contributed by atoms with Gasteiger partial charge in [0, 0.05) is 26.4 Å². The summed E-state index contributed by atoms with van der Waals surface area (Å²) in [6.45, 7) is -0.355. The highest BCUT2D eigenvalue weighted by Crippen LogP contribution is 2.23. The molecule has 1 aliphatic rings. The van der Waals surface area contributed by atoms with Crippen LogP contribution in [-0.4, -0.2) is 72.7 Å². The van der Waals surface area contributed by atoms with Crippen molar-refractivity contribution in [3.05, 3.63) is 57.3 Å². The number of sulfonamides is 1. The third-order valence-corrected chi connectivity index (χ3v) is 5.62. The van der Waals surface area contributed by atoms with E-state index in [9.17, 15) is 37.4 Å². The Morgan fingerprint density at radius 3 is 2.68 bits per heavy atom. The predicted octanol–water partition coefficient (Wildman–Crippen LogP) is -0.585. The van der Waals surface area contributed by atoms with Gasteiger partial charge in [0.15, 0.2) is 11.4 Å². The number of aromatic nitrogens is 1. The summed E-state index contributed by atoms with van der Waals surface area (Å²) >= 11 is 0. The Morgan fingerprint density at radius 1 is 1.32 bits per heavy atom. The molecule has 12 nitrogen and oxygen atoms in total. The third kappa shape index (κ3) is 5.35.